The fourth-order valence-corrected chi connectivity index (χ4v) is 2.61. The third-order valence-electron chi connectivity index (χ3n) is 3.38. The summed E-state index contributed by atoms with van der Waals surface area (Å²) in [4.78, 5) is 0. The van der Waals surface area contributed by atoms with Gasteiger partial charge in [0, 0.05) is 10.2 Å². The van der Waals surface area contributed by atoms with Crippen LogP contribution in [0.1, 0.15) is 36.9 Å². The summed E-state index contributed by atoms with van der Waals surface area (Å²) in [5.41, 5.74) is 3.82. The molecule has 0 bridgehead atoms. The Labute approximate surface area is 124 Å². The van der Waals surface area contributed by atoms with Crippen LogP contribution in [0.25, 0.3) is 0 Å². The Kier molecular flexibility index (Phi) is 5.03. The highest BCUT2D eigenvalue weighted by Gasteiger charge is 2.11. The molecule has 0 heterocycles. The summed E-state index contributed by atoms with van der Waals surface area (Å²) in [6.45, 7) is 4.37. The van der Waals surface area contributed by atoms with Crippen LogP contribution >= 0.6 is 15.9 Å². The highest BCUT2D eigenvalue weighted by atomic mass is 79.9. The van der Waals surface area contributed by atoms with Gasteiger partial charge in [-0.05, 0) is 36.6 Å². The summed E-state index contributed by atoms with van der Waals surface area (Å²) in [5, 5.41) is 3.68. The molecule has 0 radical (unpaired) electrons. The van der Waals surface area contributed by atoms with Gasteiger partial charge in [-0.25, -0.2) is 0 Å². The molecule has 2 heteroatoms. The van der Waals surface area contributed by atoms with Crippen LogP contribution in [-0.2, 0) is 0 Å². The second-order valence-corrected chi connectivity index (χ2v) is 5.66. The molecule has 0 aliphatic rings. The Bertz CT molecular complexity index is 522. The molecule has 2 aromatic carbocycles. The van der Waals surface area contributed by atoms with E-state index in [0.29, 0.717) is 6.04 Å². The quantitative estimate of drug-likeness (QED) is 0.744. The number of hydrogen-bond acceptors (Lipinski definition) is 1. The van der Waals surface area contributed by atoms with Gasteiger partial charge in [-0.1, -0.05) is 65.7 Å². The predicted octanol–water partition coefficient (Wildman–Crippen LogP) is 5.71. The minimum Gasteiger partial charge on any atom is -0.378 e. The van der Waals surface area contributed by atoms with Crippen LogP contribution in [0.2, 0.25) is 0 Å². The molecule has 1 unspecified atom stereocenters. The summed E-state index contributed by atoms with van der Waals surface area (Å²) in [6, 6.07) is 17.3. The zero-order valence-electron chi connectivity index (χ0n) is 11.5. The van der Waals surface area contributed by atoms with E-state index in [9.17, 15) is 0 Å². The fourth-order valence-electron chi connectivity index (χ4n) is 2.25. The van der Waals surface area contributed by atoms with E-state index in [1.54, 1.807) is 0 Å². The van der Waals surface area contributed by atoms with Crippen molar-refractivity contribution in [1.29, 1.82) is 0 Å². The van der Waals surface area contributed by atoms with E-state index < -0.39 is 0 Å². The van der Waals surface area contributed by atoms with Crippen LogP contribution < -0.4 is 5.32 Å². The number of nitrogens with one attached hydrogen (secondary N) is 1. The Morgan fingerprint density at radius 1 is 1.05 bits per heavy atom. The molecule has 19 heavy (non-hydrogen) atoms. The molecule has 1 N–H and O–H groups in total. The molecular weight excluding hydrogens is 298 g/mol. The molecule has 1 atom stereocenters. The Balaban J connectivity index is 2.24. The number of rotatable bonds is 5. The van der Waals surface area contributed by atoms with Gasteiger partial charge in [-0.2, -0.15) is 0 Å². The molecule has 0 saturated carbocycles. The van der Waals surface area contributed by atoms with E-state index in [-0.39, 0.29) is 0 Å². The summed E-state index contributed by atoms with van der Waals surface area (Å²) in [7, 11) is 0. The third-order valence-corrected chi connectivity index (χ3v) is 4.24. The molecule has 0 fully saturated rings. The van der Waals surface area contributed by atoms with Crippen molar-refractivity contribution in [3.8, 4) is 0 Å². The molecule has 0 aromatic heterocycles. The van der Waals surface area contributed by atoms with Crippen molar-refractivity contribution in [3.05, 3.63) is 64.1 Å². The van der Waals surface area contributed by atoms with Gasteiger partial charge in [-0.15, -0.1) is 0 Å². The number of hydrogen-bond donors (Lipinski definition) is 1. The number of anilines is 1. The molecule has 0 spiro atoms. The first-order chi connectivity index (χ1) is 9.22. The van der Waals surface area contributed by atoms with Crippen molar-refractivity contribution >= 4 is 21.6 Å². The first-order valence-corrected chi connectivity index (χ1v) is 7.58. The molecule has 100 valence electrons. The van der Waals surface area contributed by atoms with E-state index in [1.165, 1.54) is 23.2 Å². The molecule has 2 aromatic rings. The normalized spacial score (nSPS) is 12.2. The van der Waals surface area contributed by atoms with E-state index in [2.05, 4.69) is 83.6 Å². The van der Waals surface area contributed by atoms with Gasteiger partial charge < -0.3 is 5.32 Å². The maximum atomic E-state index is 3.68. The zero-order valence-corrected chi connectivity index (χ0v) is 13.1. The van der Waals surface area contributed by atoms with Gasteiger partial charge in [0.2, 0.25) is 0 Å². The molecule has 2 rings (SSSR count). The SMILES string of the molecule is CCCC(Nc1cccc(Br)c1C)c1ccccc1. The van der Waals surface area contributed by atoms with Crippen molar-refractivity contribution in [1.82, 2.24) is 0 Å². The van der Waals surface area contributed by atoms with Gasteiger partial charge >= 0.3 is 0 Å². The lowest BCUT2D eigenvalue weighted by atomic mass is 10.0. The van der Waals surface area contributed by atoms with E-state index in [1.807, 2.05) is 0 Å². The standard InChI is InChI=1S/C17H20BrN/c1-3-8-17(14-9-5-4-6-10-14)19-16-12-7-11-15(18)13(16)2/h4-7,9-12,17,19H,3,8H2,1-2H3. The van der Waals surface area contributed by atoms with Gasteiger partial charge in [-0.3, -0.25) is 0 Å². The summed E-state index contributed by atoms with van der Waals surface area (Å²) >= 11 is 3.59. The summed E-state index contributed by atoms with van der Waals surface area (Å²) in [5.74, 6) is 0. The second kappa shape index (κ2) is 6.76. The van der Waals surface area contributed by atoms with Crippen LogP contribution in [0.5, 0.6) is 0 Å². The van der Waals surface area contributed by atoms with Crippen LogP contribution in [0, 0.1) is 6.92 Å². The maximum absolute atomic E-state index is 3.68. The van der Waals surface area contributed by atoms with Crippen molar-refractivity contribution in [2.24, 2.45) is 0 Å². The minimum atomic E-state index is 0.374. The monoisotopic (exact) mass is 317 g/mol. The predicted molar refractivity (Wildman–Crippen MR) is 86.6 cm³/mol. The average molecular weight is 318 g/mol. The first kappa shape index (κ1) is 14.1. The Hall–Kier alpha value is -1.28. The highest BCUT2D eigenvalue weighted by Crippen LogP contribution is 2.29. The lowest BCUT2D eigenvalue weighted by Gasteiger charge is -2.21. The smallest absolute Gasteiger partial charge is 0.0513 e. The van der Waals surface area contributed by atoms with Crippen molar-refractivity contribution in [2.75, 3.05) is 5.32 Å². The molecule has 0 aliphatic heterocycles. The Morgan fingerprint density at radius 3 is 2.47 bits per heavy atom. The molecule has 1 nitrogen and oxygen atoms in total. The topological polar surface area (TPSA) is 12.0 Å². The molecular formula is C17H20BrN. The number of benzene rings is 2. The summed E-state index contributed by atoms with van der Waals surface area (Å²) < 4.78 is 1.15. The van der Waals surface area contributed by atoms with Crippen molar-refractivity contribution in [3.63, 3.8) is 0 Å². The van der Waals surface area contributed by atoms with Gasteiger partial charge in [0.25, 0.3) is 0 Å². The van der Waals surface area contributed by atoms with Gasteiger partial charge in [0.05, 0.1) is 6.04 Å². The molecule has 0 amide bonds. The van der Waals surface area contributed by atoms with Crippen LogP contribution in [0.3, 0.4) is 0 Å². The van der Waals surface area contributed by atoms with Gasteiger partial charge in [0.1, 0.15) is 0 Å². The average Bonchev–Trinajstić information content (AvgIpc) is 2.44. The minimum absolute atomic E-state index is 0.374. The van der Waals surface area contributed by atoms with Crippen LogP contribution in [0.15, 0.2) is 53.0 Å². The van der Waals surface area contributed by atoms with E-state index in [4.69, 9.17) is 0 Å². The van der Waals surface area contributed by atoms with E-state index in [0.717, 1.165) is 10.9 Å². The zero-order chi connectivity index (χ0) is 13.7. The third kappa shape index (κ3) is 3.60. The molecule has 0 saturated heterocycles. The van der Waals surface area contributed by atoms with Gasteiger partial charge in [0.15, 0.2) is 0 Å². The highest BCUT2D eigenvalue weighted by molar-refractivity contribution is 9.10. The number of halogens is 1. The lowest BCUT2D eigenvalue weighted by molar-refractivity contribution is 0.677. The van der Waals surface area contributed by atoms with Crippen LogP contribution in [-0.4, -0.2) is 0 Å². The largest absolute Gasteiger partial charge is 0.378 e. The maximum Gasteiger partial charge on any atom is 0.0513 e. The van der Waals surface area contributed by atoms with E-state index >= 15 is 0 Å². The first-order valence-electron chi connectivity index (χ1n) is 6.79. The van der Waals surface area contributed by atoms with Crippen molar-refractivity contribution in [2.45, 2.75) is 32.7 Å². The second-order valence-electron chi connectivity index (χ2n) is 4.81. The summed E-state index contributed by atoms with van der Waals surface area (Å²) in [6.07, 6.45) is 2.30. The lowest BCUT2D eigenvalue weighted by Crippen LogP contribution is -2.11. The Morgan fingerprint density at radius 2 is 1.79 bits per heavy atom. The van der Waals surface area contributed by atoms with Crippen LogP contribution in [0.4, 0.5) is 5.69 Å². The fraction of sp³-hybridized carbons (Fsp3) is 0.294. The molecule has 0 aliphatic carbocycles. The van der Waals surface area contributed by atoms with Crippen molar-refractivity contribution < 1.29 is 0 Å².